The summed E-state index contributed by atoms with van der Waals surface area (Å²) in [5.74, 6) is 0.615. The van der Waals surface area contributed by atoms with Crippen LogP contribution in [0.4, 0.5) is 5.69 Å². The highest BCUT2D eigenvalue weighted by Crippen LogP contribution is 2.32. The first-order valence-electron chi connectivity index (χ1n) is 6.85. The molecule has 0 heterocycles. The van der Waals surface area contributed by atoms with E-state index in [9.17, 15) is 0 Å². The maximum atomic E-state index is 3.74. The van der Waals surface area contributed by atoms with Gasteiger partial charge in [0.15, 0.2) is 0 Å². The van der Waals surface area contributed by atoms with Crippen LogP contribution in [0.2, 0.25) is 0 Å². The number of anilines is 1. The first-order valence-corrected chi connectivity index (χ1v) is 6.85. The molecule has 1 rings (SSSR count). The highest BCUT2D eigenvalue weighted by Gasteiger charge is 2.14. The minimum Gasteiger partial charge on any atom is -0.279 e. The van der Waals surface area contributed by atoms with E-state index in [0.29, 0.717) is 5.92 Å². The summed E-state index contributed by atoms with van der Waals surface area (Å²) in [6.07, 6.45) is 1.17. The van der Waals surface area contributed by atoms with Crippen molar-refractivity contribution in [3.05, 3.63) is 28.3 Å². The van der Waals surface area contributed by atoms with E-state index in [-0.39, 0.29) is 0 Å². The molecule has 0 saturated heterocycles. The van der Waals surface area contributed by atoms with Crippen LogP contribution in [-0.4, -0.2) is 6.72 Å². The second kappa shape index (κ2) is 7.91. The third kappa shape index (κ3) is 3.59. The van der Waals surface area contributed by atoms with Crippen molar-refractivity contribution in [2.75, 3.05) is 5.43 Å². The molecule has 18 heavy (non-hydrogen) atoms. The van der Waals surface area contributed by atoms with Gasteiger partial charge in [-0.2, -0.15) is 5.10 Å². The van der Waals surface area contributed by atoms with Gasteiger partial charge in [0.2, 0.25) is 0 Å². The lowest BCUT2D eigenvalue weighted by molar-refractivity contribution is 0.721. The Hall–Kier alpha value is -1.31. The molecule has 2 nitrogen and oxygen atoms in total. The Labute approximate surface area is 113 Å². The van der Waals surface area contributed by atoms with Gasteiger partial charge >= 0.3 is 0 Å². The molecule has 0 aromatic heterocycles. The number of nitrogens with zero attached hydrogens (tertiary/aromatic N) is 1. The number of rotatable bonds is 4. The quantitative estimate of drug-likeness (QED) is 0.576. The van der Waals surface area contributed by atoms with Crippen LogP contribution in [-0.2, 0) is 0 Å². The molecule has 0 radical (unpaired) electrons. The smallest absolute Gasteiger partial charge is 0.0596 e. The summed E-state index contributed by atoms with van der Waals surface area (Å²) in [5, 5.41) is 3.74. The second-order valence-electron chi connectivity index (χ2n) is 4.48. The lowest BCUT2D eigenvalue weighted by Gasteiger charge is -2.20. The SMILES string of the molecule is C=NNc1cc(C)c(C(C)CC)c(C)c1C.CC. The zero-order chi connectivity index (χ0) is 14.3. The highest BCUT2D eigenvalue weighted by atomic mass is 15.3. The number of hydrogen-bond acceptors (Lipinski definition) is 2. The Bertz CT molecular complexity index is 395. The van der Waals surface area contributed by atoms with Gasteiger partial charge in [0.1, 0.15) is 0 Å². The molecule has 0 amide bonds. The third-order valence-corrected chi connectivity index (χ3v) is 3.46. The Morgan fingerprint density at radius 1 is 1.22 bits per heavy atom. The van der Waals surface area contributed by atoms with Crippen LogP contribution in [0, 0.1) is 20.8 Å². The van der Waals surface area contributed by atoms with Crippen molar-refractivity contribution in [3.8, 4) is 0 Å². The summed E-state index contributed by atoms with van der Waals surface area (Å²) >= 11 is 0. The van der Waals surface area contributed by atoms with Crippen LogP contribution in [0.3, 0.4) is 0 Å². The van der Waals surface area contributed by atoms with Gasteiger partial charge in [0.25, 0.3) is 0 Å². The van der Waals surface area contributed by atoms with E-state index >= 15 is 0 Å². The monoisotopic (exact) mass is 248 g/mol. The van der Waals surface area contributed by atoms with Crippen molar-refractivity contribution in [2.45, 2.75) is 60.8 Å². The fourth-order valence-corrected chi connectivity index (χ4v) is 2.27. The number of hydrazone groups is 1. The Kier molecular flexibility index (Phi) is 7.33. The van der Waals surface area contributed by atoms with E-state index in [1.54, 1.807) is 0 Å². The number of aryl methyl sites for hydroxylation is 1. The van der Waals surface area contributed by atoms with Crippen LogP contribution in [0.5, 0.6) is 0 Å². The predicted octanol–water partition coefficient (Wildman–Crippen LogP) is 5.18. The summed E-state index contributed by atoms with van der Waals surface area (Å²) in [6, 6.07) is 2.17. The van der Waals surface area contributed by atoms with Crippen molar-refractivity contribution >= 4 is 12.4 Å². The number of benzene rings is 1. The van der Waals surface area contributed by atoms with Crippen LogP contribution < -0.4 is 5.43 Å². The van der Waals surface area contributed by atoms with Gasteiger partial charge in [-0.1, -0.05) is 27.7 Å². The lowest BCUT2D eigenvalue weighted by atomic mass is 9.87. The van der Waals surface area contributed by atoms with E-state index in [1.165, 1.54) is 28.7 Å². The first-order chi connectivity index (χ1) is 8.52. The minimum atomic E-state index is 0.615. The molecule has 1 aromatic carbocycles. The fraction of sp³-hybridized carbons (Fsp3) is 0.562. The zero-order valence-corrected chi connectivity index (χ0v) is 13.0. The van der Waals surface area contributed by atoms with Gasteiger partial charge in [-0.05, 0) is 61.4 Å². The van der Waals surface area contributed by atoms with Gasteiger partial charge < -0.3 is 0 Å². The maximum Gasteiger partial charge on any atom is 0.0596 e. The number of hydrogen-bond donors (Lipinski definition) is 1. The molecule has 102 valence electrons. The largest absolute Gasteiger partial charge is 0.279 e. The van der Waals surface area contributed by atoms with E-state index < -0.39 is 0 Å². The molecule has 1 atom stereocenters. The molecule has 0 aliphatic heterocycles. The molecular weight excluding hydrogens is 220 g/mol. The molecule has 0 bridgehead atoms. The Balaban J connectivity index is 0.00000137. The van der Waals surface area contributed by atoms with Crippen LogP contribution in [0.25, 0.3) is 0 Å². The standard InChI is InChI=1S/C14H22N2.C2H6/c1-7-9(2)14-10(3)8-13(16-15-6)11(4)12(14)5;1-2/h8-9,16H,6-7H2,1-5H3;1-2H3. The average molecular weight is 248 g/mol. The van der Waals surface area contributed by atoms with Gasteiger partial charge in [-0.25, -0.2) is 0 Å². The molecular formula is C16H28N2. The van der Waals surface area contributed by atoms with Crippen LogP contribution in [0.15, 0.2) is 11.2 Å². The van der Waals surface area contributed by atoms with Crippen molar-refractivity contribution in [1.29, 1.82) is 0 Å². The molecule has 1 unspecified atom stereocenters. The summed E-state index contributed by atoms with van der Waals surface area (Å²) in [6.45, 7) is 18.5. The second-order valence-corrected chi connectivity index (χ2v) is 4.48. The molecule has 0 aliphatic carbocycles. The lowest BCUT2D eigenvalue weighted by Crippen LogP contribution is -2.03. The van der Waals surface area contributed by atoms with E-state index in [4.69, 9.17) is 0 Å². The molecule has 0 fully saturated rings. The summed E-state index contributed by atoms with van der Waals surface area (Å²) in [7, 11) is 0. The van der Waals surface area contributed by atoms with Crippen molar-refractivity contribution < 1.29 is 0 Å². The van der Waals surface area contributed by atoms with E-state index in [1.807, 2.05) is 13.8 Å². The maximum absolute atomic E-state index is 3.74. The zero-order valence-electron chi connectivity index (χ0n) is 13.0. The van der Waals surface area contributed by atoms with Crippen molar-refractivity contribution in [2.24, 2.45) is 5.10 Å². The van der Waals surface area contributed by atoms with E-state index in [2.05, 4.69) is 57.9 Å². The van der Waals surface area contributed by atoms with E-state index in [0.717, 1.165) is 5.69 Å². The number of nitrogens with one attached hydrogen (secondary N) is 1. The molecule has 1 N–H and O–H groups in total. The van der Waals surface area contributed by atoms with Crippen LogP contribution in [0.1, 0.15) is 62.3 Å². The molecule has 1 aromatic rings. The van der Waals surface area contributed by atoms with Gasteiger partial charge in [0.05, 0.1) is 5.69 Å². The van der Waals surface area contributed by atoms with Gasteiger partial charge in [-0.15, -0.1) is 0 Å². The molecule has 2 heteroatoms. The first kappa shape index (κ1) is 16.7. The Morgan fingerprint density at radius 2 is 1.78 bits per heavy atom. The molecule has 0 spiro atoms. The average Bonchev–Trinajstić information content (AvgIpc) is 2.38. The molecule has 0 aliphatic rings. The minimum absolute atomic E-state index is 0.615. The van der Waals surface area contributed by atoms with Crippen molar-refractivity contribution in [3.63, 3.8) is 0 Å². The Morgan fingerprint density at radius 3 is 2.22 bits per heavy atom. The summed E-state index contributed by atoms with van der Waals surface area (Å²) in [5.41, 5.74) is 9.49. The van der Waals surface area contributed by atoms with Gasteiger partial charge in [-0.3, -0.25) is 5.43 Å². The molecule has 0 saturated carbocycles. The van der Waals surface area contributed by atoms with Gasteiger partial charge in [0, 0.05) is 6.72 Å². The topological polar surface area (TPSA) is 24.4 Å². The summed E-state index contributed by atoms with van der Waals surface area (Å²) < 4.78 is 0. The normalized spacial score (nSPS) is 11.3. The highest BCUT2D eigenvalue weighted by molar-refractivity contribution is 5.60. The fourth-order valence-electron chi connectivity index (χ4n) is 2.27. The summed E-state index contributed by atoms with van der Waals surface area (Å²) in [4.78, 5) is 0. The third-order valence-electron chi connectivity index (χ3n) is 3.46. The van der Waals surface area contributed by atoms with Crippen molar-refractivity contribution in [1.82, 2.24) is 0 Å². The predicted molar refractivity (Wildman–Crippen MR) is 83.9 cm³/mol. The van der Waals surface area contributed by atoms with Crippen LogP contribution >= 0.6 is 0 Å².